The largest absolute Gasteiger partial charge is 0.483 e. The minimum absolute atomic E-state index is 0. The molecule has 1 aliphatic rings. The maximum absolute atomic E-state index is 13.6. The first-order valence-corrected chi connectivity index (χ1v) is 9.31. The molecule has 0 aromatic heterocycles. The van der Waals surface area contributed by atoms with Crippen LogP contribution in [0.3, 0.4) is 0 Å². The fourth-order valence-electron chi connectivity index (χ4n) is 3.23. The SMILES string of the molecule is CNC1CCCN(C(=O)c2ccccc2OCC(=O)Nc2ccccc2F)C1.Cl. The second-order valence-electron chi connectivity index (χ2n) is 6.69. The van der Waals surface area contributed by atoms with Crippen LogP contribution in [0.5, 0.6) is 5.75 Å². The molecule has 2 aromatic rings. The van der Waals surface area contributed by atoms with Gasteiger partial charge in [0.1, 0.15) is 11.6 Å². The molecular weight excluding hydrogens is 397 g/mol. The monoisotopic (exact) mass is 421 g/mol. The number of halogens is 2. The maximum Gasteiger partial charge on any atom is 0.262 e. The molecular formula is C21H25ClFN3O3. The highest BCUT2D eigenvalue weighted by molar-refractivity contribution is 5.97. The number of likely N-dealkylation sites (tertiary alicyclic amines) is 1. The summed E-state index contributed by atoms with van der Waals surface area (Å²) in [5.74, 6) is -0.802. The van der Waals surface area contributed by atoms with E-state index in [0.29, 0.717) is 24.4 Å². The minimum atomic E-state index is -0.518. The van der Waals surface area contributed by atoms with Gasteiger partial charge < -0.3 is 20.3 Å². The highest BCUT2D eigenvalue weighted by Crippen LogP contribution is 2.22. The molecule has 2 amide bonds. The van der Waals surface area contributed by atoms with Gasteiger partial charge in [-0.05, 0) is 44.2 Å². The molecule has 2 aromatic carbocycles. The summed E-state index contributed by atoms with van der Waals surface area (Å²) >= 11 is 0. The number of likely N-dealkylation sites (N-methyl/N-ethyl adjacent to an activating group) is 1. The van der Waals surface area contributed by atoms with Gasteiger partial charge in [0, 0.05) is 19.1 Å². The van der Waals surface area contributed by atoms with E-state index in [-0.39, 0.29) is 36.7 Å². The van der Waals surface area contributed by atoms with E-state index in [0.717, 1.165) is 12.8 Å². The molecule has 0 aliphatic carbocycles. The quantitative estimate of drug-likeness (QED) is 0.752. The van der Waals surface area contributed by atoms with Gasteiger partial charge in [-0.1, -0.05) is 24.3 Å². The lowest BCUT2D eigenvalue weighted by atomic mass is 10.0. The number of nitrogens with zero attached hydrogens (tertiary/aromatic N) is 1. The first-order chi connectivity index (χ1) is 13.6. The average molecular weight is 422 g/mol. The lowest BCUT2D eigenvalue weighted by Gasteiger charge is -2.33. The Balaban J connectivity index is 0.00000300. The van der Waals surface area contributed by atoms with Gasteiger partial charge in [-0.25, -0.2) is 4.39 Å². The molecule has 6 nitrogen and oxygen atoms in total. The second kappa shape index (κ2) is 10.8. The van der Waals surface area contributed by atoms with Crippen molar-refractivity contribution in [3.05, 3.63) is 59.9 Å². The Morgan fingerprint density at radius 2 is 1.90 bits per heavy atom. The van der Waals surface area contributed by atoms with Crippen molar-refractivity contribution < 1.29 is 18.7 Å². The molecule has 156 valence electrons. The van der Waals surface area contributed by atoms with Crippen molar-refractivity contribution in [3.63, 3.8) is 0 Å². The number of para-hydroxylation sites is 2. The van der Waals surface area contributed by atoms with E-state index in [1.165, 1.54) is 12.1 Å². The van der Waals surface area contributed by atoms with Crippen molar-refractivity contribution in [2.45, 2.75) is 18.9 Å². The third-order valence-corrected chi connectivity index (χ3v) is 4.74. The van der Waals surface area contributed by atoms with Gasteiger partial charge in [0.15, 0.2) is 6.61 Å². The highest BCUT2D eigenvalue weighted by atomic mass is 35.5. The lowest BCUT2D eigenvalue weighted by molar-refractivity contribution is -0.118. The van der Waals surface area contributed by atoms with Crippen LogP contribution in [0.4, 0.5) is 10.1 Å². The number of hydrogen-bond acceptors (Lipinski definition) is 4. The Hall–Kier alpha value is -2.64. The zero-order chi connectivity index (χ0) is 19.9. The van der Waals surface area contributed by atoms with Gasteiger partial charge in [0.05, 0.1) is 11.3 Å². The van der Waals surface area contributed by atoms with Crippen LogP contribution in [-0.4, -0.2) is 49.5 Å². The summed E-state index contributed by atoms with van der Waals surface area (Å²) < 4.78 is 19.2. The molecule has 0 saturated carbocycles. The minimum Gasteiger partial charge on any atom is -0.483 e. The van der Waals surface area contributed by atoms with Crippen molar-refractivity contribution in [2.75, 3.05) is 32.1 Å². The molecule has 0 radical (unpaired) electrons. The van der Waals surface area contributed by atoms with Crippen LogP contribution >= 0.6 is 12.4 Å². The third kappa shape index (κ3) is 5.92. The number of carbonyl (C=O) groups excluding carboxylic acids is 2. The standard InChI is InChI=1S/C21H24FN3O3.ClH/c1-23-15-7-6-12-25(13-15)21(27)16-8-2-5-11-19(16)28-14-20(26)24-18-10-4-3-9-17(18)22;/h2-5,8-11,15,23H,6-7,12-14H2,1H3,(H,24,26);1H. The van der Waals surface area contributed by atoms with Crippen molar-refractivity contribution in [3.8, 4) is 5.75 Å². The number of amides is 2. The Bertz CT molecular complexity index is 849. The lowest BCUT2D eigenvalue weighted by Crippen LogP contribution is -2.47. The van der Waals surface area contributed by atoms with E-state index in [1.807, 2.05) is 7.05 Å². The van der Waals surface area contributed by atoms with Crippen molar-refractivity contribution in [2.24, 2.45) is 0 Å². The number of piperidine rings is 1. The number of benzene rings is 2. The maximum atomic E-state index is 13.6. The number of hydrogen-bond donors (Lipinski definition) is 2. The van der Waals surface area contributed by atoms with Gasteiger partial charge >= 0.3 is 0 Å². The Kier molecular flexibility index (Phi) is 8.42. The van der Waals surface area contributed by atoms with E-state index in [1.54, 1.807) is 41.3 Å². The van der Waals surface area contributed by atoms with Crippen molar-refractivity contribution in [1.29, 1.82) is 0 Å². The zero-order valence-electron chi connectivity index (χ0n) is 16.2. The zero-order valence-corrected chi connectivity index (χ0v) is 17.0. The predicted octanol–water partition coefficient (Wildman–Crippen LogP) is 3.09. The molecule has 0 bridgehead atoms. The van der Waals surface area contributed by atoms with E-state index in [2.05, 4.69) is 10.6 Å². The first kappa shape index (κ1) is 22.6. The molecule has 1 saturated heterocycles. The topological polar surface area (TPSA) is 70.7 Å². The highest BCUT2D eigenvalue weighted by Gasteiger charge is 2.25. The normalized spacial score (nSPS) is 15.9. The summed E-state index contributed by atoms with van der Waals surface area (Å²) in [4.78, 5) is 26.8. The molecule has 29 heavy (non-hydrogen) atoms. The van der Waals surface area contributed by atoms with Crippen LogP contribution in [0.15, 0.2) is 48.5 Å². The smallest absolute Gasteiger partial charge is 0.262 e. The Labute approximate surface area is 175 Å². The molecule has 1 fully saturated rings. The van der Waals surface area contributed by atoms with Crippen molar-refractivity contribution >= 4 is 29.9 Å². The summed E-state index contributed by atoms with van der Waals surface area (Å²) in [7, 11) is 1.89. The predicted molar refractivity (Wildman–Crippen MR) is 112 cm³/mol. The molecule has 2 N–H and O–H groups in total. The number of nitrogens with one attached hydrogen (secondary N) is 2. The van der Waals surface area contributed by atoms with Crippen LogP contribution in [0, 0.1) is 5.82 Å². The van der Waals surface area contributed by atoms with Crippen LogP contribution in [0.2, 0.25) is 0 Å². The van der Waals surface area contributed by atoms with Gasteiger partial charge in [0.2, 0.25) is 0 Å². The Morgan fingerprint density at radius 3 is 2.66 bits per heavy atom. The van der Waals surface area contributed by atoms with E-state index < -0.39 is 11.7 Å². The summed E-state index contributed by atoms with van der Waals surface area (Å²) in [5.41, 5.74) is 0.504. The fraction of sp³-hybridized carbons (Fsp3) is 0.333. The van der Waals surface area contributed by atoms with Gasteiger partial charge in [-0.15, -0.1) is 12.4 Å². The number of carbonyl (C=O) groups is 2. The summed E-state index contributed by atoms with van der Waals surface area (Å²) in [6, 6.07) is 13.0. The fourth-order valence-corrected chi connectivity index (χ4v) is 3.23. The van der Waals surface area contributed by atoms with Gasteiger partial charge in [0.25, 0.3) is 11.8 Å². The van der Waals surface area contributed by atoms with E-state index >= 15 is 0 Å². The van der Waals surface area contributed by atoms with Crippen LogP contribution < -0.4 is 15.4 Å². The van der Waals surface area contributed by atoms with E-state index in [4.69, 9.17) is 4.74 Å². The van der Waals surface area contributed by atoms with Crippen molar-refractivity contribution in [1.82, 2.24) is 10.2 Å². The number of ether oxygens (including phenoxy) is 1. The molecule has 1 unspecified atom stereocenters. The first-order valence-electron chi connectivity index (χ1n) is 9.31. The van der Waals surface area contributed by atoms with Crippen LogP contribution in [0.25, 0.3) is 0 Å². The number of rotatable bonds is 6. The average Bonchev–Trinajstić information content (AvgIpc) is 2.73. The summed E-state index contributed by atoms with van der Waals surface area (Å²) in [6.07, 6.45) is 1.97. The Morgan fingerprint density at radius 1 is 1.17 bits per heavy atom. The van der Waals surface area contributed by atoms with Crippen LogP contribution in [-0.2, 0) is 4.79 Å². The van der Waals surface area contributed by atoms with Crippen LogP contribution in [0.1, 0.15) is 23.2 Å². The molecule has 1 heterocycles. The second-order valence-corrected chi connectivity index (χ2v) is 6.69. The van der Waals surface area contributed by atoms with Gasteiger partial charge in [-0.3, -0.25) is 9.59 Å². The molecule has 1 aliphatic heterocycles. The number of anilines is 1. The third-order valence-electron chi connectivity index (χ3n) is 4.74. The summed E-state index contributed by atoms with van der Waals surface area (Å²) in [5, 5.41) is 5.68. The van der Waals surface area contributed by atoms with E-state index in [9.17, 15) is 14.0 Å². The molecule has 1 atom stereocenters. The molecule has 0 spiro atoms. The van der Waals surface area contributed by atoms with Gasteiger partial charge in [-0.2, -0.15) is 0 Å². The molecule has 3 rings (SSSR count). The molecule has 8 heteroatoms. The summed E-state index contributed by atoms with van der Waals surface area (Å²) in [6.45, 7) is 1.01.